The van der Waals surface area contributed by atoms with Crippen LogP contribution in [0.3, 0.4) is 0 Å². The lowest BCUT2D eigenvalue weighted by atomic mass is 10.1. The lowest BCUT2D eigenvalue weighted by molar-refractivity contribution is 0.108. The number of rotatable bonds is 4. The van der Waals surface area contributed by atoms with Gasteiger partial charge in [-0.3, -0.25) is 0 Å². The van der Waals surface area contributed by atoms with Gasteiger partial charge in [-0.1, -0.05) is 0 Å². The summed E-state index contributed by atoms with van der Waals surface area (Å²) in [7, 11) is -3.19. The molecule has 0 aromatic heterocycles. The van der Waals surface area contributed by atoms with Crippen molar-refractivity contribution in [1.29, 1.82) is 0 Å². The van der Waals surface area contributed by atoms with Gasteiger partial charge in [-0.15, -0.1) is 11.6 Å². The van der Waals surface area contributed by atoms with Gasteiger partial charge in [-0.05, 0) is 19.3 Å². The van der Waals surface area contributed by atoms with E-state index in [9.17, 15) is 13.5 Å². The fourth-order valence-corrected chi connectivity index (χ4v) is 3.41. The second-order valence-corrected chi connectivity index (χ2v) is 5.98. The summed E-state index contributed by atoms with van der Waals surface area (Å²) < 4.78 is 24.7. The SMILES string of the molecule is O=S(=O)(CCCCl)N1CCCC(O)C1. The van der Waals surface area contributed by atoms with Gasteiger partial charge >= 0.3 is 0 Å². The van der Waals surface area contributed by atoms with E-state index >= 15 is 0 Å². The van der Waals surface area contributed by atoms with Crippen molar-refractivity contribution in [3.63, 3.8) is 0 Å². The Morgan fingerprint density at radius 3 is 2.79 bits per heavy atom. The molecule has 4 nitrogen and oxygen atoms in total. The van der Waals surface area contributed by atoms with Crippen LogP contribution in [0.5, 0.6) is 0 Å². The van der Waals surface area contributed by atoms with E-state index in [0.29, 0.717) is 25.3 Å². The van der Waals surface area contributed by atoms with E-state index in [1.807, 2.05) is 0 Å². The molecule has 0 saturated carbocycles. The van der Waals surface area contributed by atoms with Gasteiger partial charge in [0.05, 0.1) is 11.9 Å². The Kier molecular flexibility index (Phi) is 4.63. The predicted octanol–water partition coefficient (Wildman–Crippen LogP) is 0.402. The minimum Gasteiger partial charge on any atom is -0.392 e. The number of sulfonamides is 1. The van der Waals surface area contributed by atoms with E-state index in [2.05, 4.69) is 0 Å². The molecule has 1 heterocycles. The maximum Gasteiger partial charge on any atom is 0.214 e. The van der Waals surface area contributed by atoms with Crippen molar-refractivity contribution in [2.45, 2.75) is 25.4 Å². The smallest absolute Gasteiger partial charge is 0.214 e. The van der Waals surface area contributed by atoms with Crippen molar-refractivity contribution in [3.8, 4) is 0 Å². The van der Waals surface area contributed by atoms with Gasteiger partial charge in [0.15, 0.2) is 0 Å². The van der Waals surface area contributed by atoms with Crippen LogP contribution in [0.4, 0.5) is 0 Å². The third kappa shape index (κ3) is 3.38. The molecule has 0 bridgehead atoms. The molecule has 1 fully saturated rings. The number of aliphatic hydroxyl groups excluding tert-OH is 1. The lowest BCUT2D eigenvalue weighted by Crippen LogP contribution is -2.43. The number of hydrogen-bond donors (Lipinski definition) is 1. The molecule has 0 radical (unpaired) electrons. The zero-order valence-corrected chi connectivity index (χ0v) is 9.60. The second kappa shape index (κ2) is 5.30. The maximum absolute atomic E-state index is 11.6. The highest BCUT2D eigenvalue weighted by molar-refractivity contribution is 7.89. The Balaban J connectivity index is 2.53. The van der Waals surface area contributed by atoms with Gasteiger partial charge in [-0.25, -0.2) is 8.42 Å². The molecule has 0 spiro atoms. The molecule has 1 saturated heterocycles. The molecule has 1 aliphatic rings. The van der Waals surface area contributed by atoms with E-state index in [0.717, 1.165) is 6.42 Å². The van der Waals surface area contributed by atoms with Crippen molar-refractivity contribution < 1.29 is 13.5 Å². The highest BCUT2D eigenvalue weighted by atomic mass is 35.5. The number of hydrogen-bond acceptors (Lipinski definition) is 3. The van der Waals surface area contributed by atoms with Gasteiger partial charge in [0.25, 0.3) is 0 Å². The number of alkyl halides is 1. The number of β-amino-alcohol motifs (C(OH)–C–C–N with tert-alkyl or cyclic N) is 1. The first-order valence-corrected chi connectivity index (χ1v) is 6.92. The monoisotopic (exact) mass is 241 g/mol. The van der Waals surface area contributed by atoms with Gasteiger partial charge in [-0.2, -0.15) is 4.31 Å². The molecule has 0 amide bonds. The molecule has 1 unspecified atom stereocenters. The zero-order chi connectivity index (χ0) is 10.6. The Morgan fingerprint density at radius 2 is 2.21 bits per heavy atom. The first-order chi connectivity index (χ1) is 6.56. The van der Waals surface area contributed by atoms with Gasteiger partial charge in [0.1, 0.15) is 0 Å². The van der Waals surface area contributed by atoms with Crippen LogP contribution in [0.2, 0.25) is 0 Å². The highest BCUT2D eigenvalue weighted by Crippen LogP contribution is 2.14. The summed E-state index contributed by atoms with van der Waals surface area (Å²) in [6, 6.07) is 0. The van der Waals surface area contributed by atoms with Crippen LogP contribution in [0.25, 0.3) is 0 Å². The van der Waals surface area contributed by atoms with Crippen LogP contribution in [0, 0.1) is 0 Å². The molecule has 0 aromatic rings. The Labute approximate surface area is 89.9 Å². The molecule has 0 aliphatic carbocycles. The summed E-state index contributed by atoms with van der Waals surface area (Å²) in [5.41, 5.74) is 0. The molecular weight excluding hydrogens is 226 g/mol. The second-order valence-electron chi connectivity index (χ2n) is 3.51. The topological polar surface area (TPSA) is 57.6 Å². The molecule has 1 aliphatic heterocycles. The van der Waals surface area contributed by atoms with Crippen LogP contribution in [-0.4, -0.2) is 48.7 Å². The zero-order valence-electron chi connectivity index (χ0n) is 8.02. The first-order valence-electron chi connectivity index (χ1n) is 4.78. The van der Waals surface area contributed by atoms with E-state index in [4.69, 9.17) is 11.6 Å². The Morgan fingerprint density at radius 1 is 1.50 bits per heavy atom. The molecule has 1 rings (SSSR count). The minimum atomic E-state index is -3.19. The molecule has 84 valence electrons. The molecule has 1 atom stereocenters. The quantitative estimate of drug-likeness (QED) is 0.725. The van der Waals surface area contributed by atoms with Crippen LogP contribution in [0.15, 0.2) is 0 Å². The maximum atomic E-state index is 11.6. The van der Waals surface area contributed by atoms with E-state index in [-0.39, 0.29) is 12.3 Å². The summed E-state index contributed by atoms with van der Waals surface area (Å²) >= 11 is 5.44. The number of halogens is 1. The molecule has 1 N–H and O–H groups in total. The largest absolute Gasteiger partial charge is 0.392 e. The lowest BCUT2D eigenvalue weighted by Gasteiger charge is -2.29. The van der Waals surface area contributed by atoms with Crippen molar-refractivity contribution >= 4 is 21.6 Å². The van der Waals surface area contributed by atoms with Gasteiger partial charge in [0.2, 0.25) is 10.0 Å². The number of aliphatic hydroxyl groups is 1. The van der Waals surface area contributed by atoms with Crippen LogP contribution >= 0.6 is 11.6 Å². The molecule has 14 heavy (non-hydrogen) atoms. The van der Waals surface area contributed by atoms with Crippen molar-refractivity contribution in [2.24, 2.45) is 0 Å². The summed E-state index contributed by atoms with van der Waals surface area (Å²) in [5, 5.41) is 9.34. The Bertz CT molecular complexity index is 268. The standard InChI is InChI=1S/C8H16ClNO3S/c9-4-2-6-14(12,13)10-5-1-3-8(11)7-10/h8,11H,1-7H2. The number of nitrogens with zero attached hydrogens (tertiary/aromatic N) is 1. The van der Waals surface area contributed by atoms with E-state index in [1.54, 1.807) is 0 Å². The summed E-state index contributed by atoms with van der Waals surface area (Å²) in [5.74, 6) is 0.443. The fraction of sp³-hybridized carbons (Fsp3) is 1.00. The van der Waals surface area contributed by atoms with Gasteiger partial charge < -0.3 is 5.11 Å². The third-order valence-electron chi connectivity index (χ3n) is 2.29. The summed E-state index contributed by atoms with van der Waals surface area (Å²) in [6.45, 7) is 0.770. The molecule has 6 heteroatoms. The predicted molar refractivity (Wildman–Crippen MR) is 55.9 cm³/mol. The summed E-state index contributed by atoms with van der Waals surface area (Å²) in [6.07, 6.45) is 1.40. The first kappa shape index (κ1) is 12.2. The van der Waals surface area contributed by atoms with Crippen LogP contribution < -0.4 is 0 Å². The van der Waals surface area contributed by atoms with Gasteiger partial charge in [0, 0.05) is 19.0 Å². The van der Waals surface area contributed by atoms with Crippen LogP contribution in [-0.2, 0) is 10.0 Å². The molecule has 0 aromatic carbocycles. The average molecular weight is 242 g/mol. The minimum absolute atomic E-state index is 0.0865. The van der Waals surface area contributed by atoms with E-state index < -0.39 is 16.1 Å². The fourth-order valence-electron chi connectivity index (χ4n) is 1.54. The van der Waals surface area contributed by atoms with E-state index in [1.165, 1.54) is 4.31 Å². The van der Waals surface area contributed by atoms with Crippen molar-refractivity contribution in [2.75, 3.05) is 24.7 Å². The highest BCUT2D eigenvalue weighted by Gasteiger charge is 2.27. The normalized spacial score (nSPS) is 25.1. The Hall–Kier alpha value is 0.160. The molecular formula is C8H16ClNO3S. The van der Waals surface area contributed by atoms with Crippen molar-refractivity contribution in [1.82, 2.24) is 4.31 Å². The average Bonchev–Trinajstić information content (AvgIpc) is 2.15. The third-order valence-corrected chi connectivity index (χ3v) is 4.48. The summed E-state index contributed by atoms with van der Waals surface area (Å²) in [4.78, 5) is 0. The number of piperidine rings is 1. The van der Waals surface area contributed by atoms with Crippen LogP contribution in [0.1, 0.15) is 19.3 Å². The van der Waals surface area contributed by atoms with Crippen molar-refractivity contribution in [3.05, 3.63) is 0 Å².